The monoisotopic (exact) mass is 407 g/mol. The van der Waals surface area contributed by atoms with Gasteiger partial charge in [-0.2, -0.15) is 0 Å². The van der Waals surface area contributed by atoms with E-state index in [1.54, 1.807) is 6.07 Å². The van der Waals surface area contributed by atoms with Crippen molar-refractivity contribution in [1.82, 2.24) is 0 Å². The van der Waals surface area contributed by atoms with Gasteiger partial charge in [-0.25, -0.2) is 8.42 Å². The fourth-order valence-corrected chi connectivity index (χ4v) is 5.06. The average molecular weight is 408 g/mol. The van der Waals surface area contributed by atoms with E-state index in [1.165, 1.54) is 27.1 Å². The van der Waals surface area contributed by atoms with E-state index in [4.69, 9.17) is 0 Å². The van der Waals surface area contributed by atoms with Gasteiger partial charge in [-0.15, -0.1) is 11.8 Å². The van der Waals surface area contributed by atoms with Crippen LogP contribution in [0.1, 0.15) is 27.8 Å². The first-order valence-corrected chi connectivity index (χ1v) is 11.9. The summed E-state index contributed by atoms with van der Waals surface area (Å²) in [5, 5.41) is 0. The number of thioether (sulfide) groups is 1. The second-order valence-electron chi connectivity index (χ2n) is 7.00. The summed E-state index contributed by atoms with van der Waals surface area (Å²) in [6, 6.07) is 22.5. The third kappa shape index (κ3) is 4.16. The highest BCUT2D eigenvalue weighted by Gasteiger charge is 2.18. The normalized spacial score (nSPS) is 14.9. The molecule has 0 atom stereocenters. The van der Waals surface area contributed by atoms with Crippen LogP contribution in [0.3, 0.4) is 0 Å². The standard InChI is InChI=1S/C23H21NO2S2/c1-16-10-11-20-18(12-16)15-27-23-9-4-3-8-21(23)22(20)14-17-6-5-7-19(13-17)24-28(2,25)26/h3-14,24H,15H2,1-2H3/b22-14-. The average Bonchev–Trinajstić information content (AvgIpc) is 2.78. The Morgan fingerprint density at radius 1 is 0.964 bits per heavy atom. The smallest absolute Gasteiger partial charge is 0.229 e. The van der Waals surface area contributed by atoms with Crippen molar-refractivity contribution in [2.75, 3.05) is 11.0 Å². The Labute approximate surface area is 170 Å². The molecule has 3 aromatic rings. The number of sulfonamides is 1. The van der Waals surface area contributed by atoms with Crippen LogP contribution in [0.15, 0.2) is 71.6 Å². The summed E-state index contributed by atoms with van der Waals surface area (Å²) in [7, 11) is -3.31. The fourth-order valence-electron chi connectivity index (χ4n) is 3.45. The molecule has 4 rings (SSSR count). The third-order valence-corrected chi connectivity index (χ3v) is 6.34. The molecule has 142 valence electrons. The molecule has 0 radical (unpaired) electrons. The number of hydrogen-bond donors (Lipinski definition) is 1. The van der Waals surface area contributed by atoms with Crippen molar-refractivity contribution in [3.8, 4) is 0 Å². The number of fused-ring (bicyclic) bond motifs is 2. The first-order valence-electron chi connectivity index (χ1n) is 9.01. The fraction of sp³-hybridized carbons (Fsp3) is 0.130. The lowest BCUT2D eigenvalue weighted by molar-refractivity contribution is 0.607. The molecule has 0 saturated heterocycles. The van der Waals surface area contributed by atoms with Crippen molar-refractivity contribution in [2.45, 2.75) is 17.6 Å². The van der Waals surface area contributed by atoms with Crippen LogP contribution in [0.4, 0.5) is 5.69 Å². The molecule has 0 bridgehead atoms. The Bertz CT molecular complexity index is 1180. The number of nitrogens with one attached hydrogen (secondary N) is 1. The number of benzene rings is 3. The maximum absolute atomic E-state index is 11.6. The molecule has 0 unspecified atom stereocenters. The van der Waals surface area contributed by atoms with Crippen molar-refractivity contribution in [3.05, 3.63) is 94.5 Å². The van der Waals surface area contributed by atoms with Crippen molar-refractivity contribution in [3.63, 3.8) is 0 Å². The van der Waals surface area contributed by atoms with E-state index in [0.29, 0.717) is 5.69 Å². The quantitative estimate of drug-likeness (QED) is 0.618. The predicted octanol–water partition coefficient (Wildman–Crippen LogP) is 5.56. The Hall–Kier alpha value is -2.50. The first kappa shape index (κ1) is 18.8. The van der Waals surface area contributed by atoms with Gasteiger partial charge < -0.3 is 0 Å². The van der Waals surface area contributed by atoms with Crippen LogP contribution in [-0.2, 0) is 15.8 Å². The molecule has 1 aliphatic rings. The molecule has 0 aliphatic carbocycles. The van der Waals surface area contributed by atoms with Crippen molar-refractivity contribution in [1.29, 1.82) is 0 Å². The minimum absolute atomic E-state index is 0.567. The van der Waals surface area contributed by atoms with Gasteiger partial charge in [-0.3, -0.25) is 4.72 Å². The third-order valence-electron chi connectivity index (χ3n) is 4.61. The summed E-state index contributed by atoms with van der Waals surface area (Å²) in [4.78, 5) is 1.26. The van der Waals surface area contributed by atoms with Gasteiger partial charge >= 0.3 is 0 Å². The van der Waals surface area contributed by atoms with Crippen LogP contribution in [0.25, 0.3) is 11.6 Å². The van der Waals surface area contributed by atoms with Gasteiger partial charge in [0.1, 0.15) is 0 Å². The minimum Gasteiger partial charge on any atom is -0.284 e. The van der Waals surface area contributed by atoms with Crippen LogP contribution >= 0.6 is 11.8 Å². The molecular weight excluding hydrogens is 386 g/mol. The Morgan fingerprint density at radius 2 is 1.79 bits per heavy atom. The van der Waals surface area contributed by atoms with Crippen molar-refractivity contribution >= 4 is 39.1 Å². The highest BCUT2D eigenvalue weighted by atomic mass is 32.2. The summed E-state index contributed by atoms with van der Waals surface area (Å²) >= 11 is 1.85. The Balaban J connectivity index is 1.88. The summed E-state index contributed by atoms with van der Waals surface area (Å²) in [5.74, 6) is 0.932. The zero-order valence-electron chi connectivity index (χ0n) is 15.8. The molecule has 3 aromatic carbocycles. The van der Waals surface area contributed by atoms with Crippen LogP contribution in [-0.4, -0.2) is 14.7 Å². The zero-order chi connectivity index (χ0) is 19.7. The van der Waals surface area contributed by atoms with Gasteiger partial charge in [0.25, 0.3) is 0 Å². The van der Waals surface area contributed by atoms with Crippen molar-refractivity contribution in [2.24, 2.45) is 0 Å². The van der Waals surface area contributed by atoms with E-state index >= 15 is 0 Å². The predicted molar refractivity (Wildman–Crippen MR) is 119 cm³/mol. The molecule has 0 saturated carbocycles. The zero-order valence-corrected chi connectivity index (χ0v) is 17.4. The second-order valence-corrected chi connectivity index (χ2v) is 9.77. The Kier molecular flexibility index (Phi) is 5.04. The SMILES string of the molecule is Cc1ccc2c(c1)CSc1ccccc1/C2=C\c1cccc(NS(C)(=O)=O)c1. The first-order chi connectivity index (χ1) is 13.4. The molecule has 1 N–H and O–H groups in total. The number of rotatable bonds is 3. The van der Waals surface area contributed by atoms with Gasteiger partial charge in [-0.1, -0.05) is 54.1 Å². The van der Waals surface area contributed by atoms with E-state index in [1.807, 2.05) is 30.0 Å². The summed E-state index contributed by atoms with van der Waals surface area (Å²) in [6.45, 7) is 2.12. The lowest BCUT2D eigenvalue weighted by Gasteiger charge is -2.13. The van der Waals surface area contributed by atoms with E-state index in [9.17, 15) is 8.42 Å². The van der Waals surface area contributed by atoms with Gasteiger partial charge in [0.15, 0.2) is 0 Å². The molecular formula is C23H21NO2S2. The van der Waals surface area contributed by atoms with Crippen LogP contribution in [0.5, 0.6) is 0 Å². The number of hydrogen-bond acceptors (Lipinski definition) is 3. The van der Waals surface area contributed by atoms with Gasteiger partial charge in [0.05, 0.1) is 6.26 Å². The van der Waals surface area contributed by atoms with E-state index in [2.05, 4.69) is 60.2 Å². The second kappa shape index (κ2) is 7.49. The summed E-state index contributed by atoms with van der Waals surface area (Å²) in [6.07, 6.45) is 3.31. The van der Waals surface area contributed by atoms with Crippen molar-refractivity contribution < 1.29 is 8.42 Å². The number of aryl methyl sites for hydroxylation is 1. The lowest BCUT2D eigenvalue weighted by Crippen LogP contribution is -2.09. The molecule has 5 heteroatoms. The molecule has 0 fully saturated rings. The molecule has 1 aliphatic heterocycles. The summed E-state index contributed by atoms with van der Waals surface area (Å²) < 4.78 is 25.7. The van der Waals surface area contributed by atoms with E-state index in [-0.39, 0.29) is 0 Å². The van der Waals surface area contributed by atoms with Gasteiger partial charge in [0, 0.05) is 16.3 Å². The number of anilines is 1. The van der Waals surface area contributed by atoms with Gasteiger partial charge in [-0.05, 0) is 59.0 Å². The largest absolute Gasteiger partial charge is 0.284 e. The van der Waals surface area contributed by atoms with Gasteiger partial charge in [0.2, 0.25) is 10.0 Å². The highest BCUT2D eigenvalue weighted by molar-refractivity contribution is 7.98. The van der Waals surface area contributed by atoms with E-state index in [0.717, 1.165) is 23.1 Å². The molecule has 0 aromatic heterocycles. The van der Waals surface area contributed by atoms with E-state index < -0.39 is 10.0 Å². The highest BCUT2D eigenvalue weighted by Crippen LogP contribution is 2.41. The minimum atomic E-state index is -3.31. The maximum Gasteiger partial charge on any atom is 0.229 e. The molecule has 0 amide bonds. The summed E-state index contributed by atoms with van der Waals surface area (Å²) in [5.41, 5.74) is 7.68. The molecule has 28 heavy (non-hydrogen) atoms. The Morgan fingerprint density at radius 3 is 2.61 bits per heavy atom. The topological polar surface area (TPSA) is 46.2 Å². The lowest BCUT2D eigenvalue weighted by atomic mass is 9.92. The van der Waals surface area contributed by atoms with Crippen LogP contribution < -0.4 is 4.72 Å². The molecule has 1 heterocycles. The molecule has 0 spiro atoms. The maximum atomic E-state index is 11.6. The van der Waals surface area contributed by atoms with Crippen LogP contribution in [0.2, 0.25) is 0 Å². The molecule has 3 nitrogen and oxygen atoms in total. The van der Waals surface area contributed by atoms with Crippen LogP contribution in [0, 0.1) is 6.92 Å².